The van der Waals surface area contributed by atoms with Crippen molar-refractivity contribution in [2.24, 2.45) is 0 Å². The summed E-state index contributed by atoms with van der Waals surface area (Å²) in [5.41, 5.74) is 0. The zero-order chi connectivity index (χ0) is 50.0. The minimum Gasteiger partial charge on any atom is -0.462 e. The molecule has 1 atom stereocenters. The number of hydrogen-bond donors (Lipinski definition) is 0. The summed E-state index contributed by atoms with van der Waals surface area (Å²) in [6.45, 7) is 6.49. The Labute approximate surface area is 425 Å². The van der Waals surface area contributed by atoms with Gasteiger partial charge in [-0.15, -0.1) is 0 Å². The molecule has 0 saturated carbocycles. The lowest BCUT2D eigenvalue weighted by molar-refractivity contribution is -0.167. The molecule has 0 aromatic heterocycles. The average molecular weight is 958 g/mol. The Morgan fingerprint density at radius 3 is 0.928 bits per heavy atom. The summed E-state index contributed by atoms with van der Waals surface area (Å²) in [4.78, 5) is 38.1. The summed E-state index contributed by atoms with van der Waals surface area (Å²) in [7, 11) is 0. The standard InChI is InChI=1S/C63H104O6/c1-4-7-10-13-16-19-22-25-28-30-31-33-36-39-42-45-48-51-54-57-63(66)69-60(58-67-61(64)55-52-49-46-43-40-37-34-27-24-21-18-15-12-9-6-3)59-68-62(65)56-53-50-47-44-41-38-35-32-29-26-23-20-17-14-11-8-5-2/h16-17,19-21,24-26,28-29,31,33,35,38-39,42,44,47,60H,4-15,18,22-23,27,30,32,34,36-37,40-41,43,45-46,48-59H2,1-3H3/b19-16-,20-17-,24-21-,28-25-,29-26-,33-31-,38-35-,42-39-,47-44-/t60-/m0/s1. The topological polar surface area (TPSA) is 78.9 Å². The number of ether oxygens (including phenoxy) is 3. The van der Waals surface area contributed by atoms with Crippen LogP contribution in [0, 0.1) is 0 Å². The van der Waals surface area contributed by atoms with E-state index < -0.39 is 6.10 Å². The highest BCUT2D eigenvalue weighted by atomic mass is 16.6. The number of carbonyl (C=O) groups excluding carboxylic acids is 3. The van der Waals surface area contributed by atoms with Gasteiger partial charge in [0.2, 0.25) is 0 Å². The predicted molar refractivity (Wildman–Crippen MR) is 297 cm³/mol. The third kappa shape index (κ3) is 54.9. The van der Waals surface area contributed by atoms with Crippen molar-refractivity contribution in [3.63, 3.8) is 0 Å². The lowest BCUT2D eigenvalue weighted by atomic mass is 10.1. The van der Waals surface area contributed by atoms with Gasteiger partial charge in [-0.3, -0.25) is 14.4 Å². The van der Waals surface area contributed by atoms with Crippen molar-refractivity contribution < 1.29 is 28.6 Å². The van der Waals surface area contributed by atoms with Crippen molar-refractivity contribution in [2.75, 3.05) is 13.2 Å². The zero-order valence-electron chi connectivity index (χ0n) is 44.8. The molecular weight excluding hydrogens is 853 g/mol. The van der Waals surface area contributed by atoms with Crippen molar-refractivity contribution in [1.29, 1.82) is 0 Å². The fraction of sp³-hybridized carbons (Fsp3) is 0.667. The molecule has 0 unspecified atom stereocenters. The predicted octanol–water partition coefficient (Wildman–Crippen LogP) is 19.1. The van der Waals surface area contributed by atoms with Gasteiger partial charge in [0.25, 0.3) is 0 Å². The molecule has 0 amide bonds. The average Bonchev–Trinajstić information content (AvgIpc) is 3.35. The third-order valence-corrected chi connectivity index (χ3v) is 11.7. The molecule has 0 aromatic rings. The van der Waals surface area contributed by atoms with Crippen molar-refractivity contribution >= 4 is 17.9 Å². The fourth-order valence-corrected chi connectivity index (χ4v) is 7.41. The molecule has 69 heavy (non-hydrogen) atoms. The number of allylic oxidation sites excluding steroid dienone is 18. The van der Waals surface area contributed by atoms with Crippen LogP contribution < -0.4 is 0 Å². The van der Waals surface area contributed by atoms with E-state index in [1.807, 2.05) is 0 Å². The molecule has 0 rings (SSSR count). The van der Waals surface area contributed by atoms with Gasteiger partial charge >= 0.3 is 17.9 Å². The quantitative estimate of drug-likeness (QED) is 0.0262. The van der Waals surface area contributed by atoms with E-state index in [0.717, 1.165) is 83.5 Å². The number of unbranched alkanes of at least 4 members (excludes halogenated alkanes) is 21. The minimum absolute atomic E-state index is 0.112. The maximum atomic E-state index is 12.8. The molecule has 0 aliphatic carbocycles. The second kappa shape index (κ2) is 56.7. The Morgan fingerprint density at radius 1 is 0.290 bits per heavy atom. The highest BCUT2D eigenvalue weighted by molar-refractivity contribution is 5.71. The van der Waals surface area contributed by atoms with Gasteiger partial charge in [0.1, 0.15) is 13.2 Å². The van der Waals surface area contributed by atoms with Crippen molar-refractivity contribution in [2.45, 2.75) is 258 Å². The van der Waals surface area contributed by atoms with Gasteiger partial charge in [0.15, 0.2) is 6.10 Å². The molecule has 0 radical (unpaired) electrons. The molecule has 0 aliphatic rings. The van der Waals surface area contributed by atoms with Gasteiger partial charge in [-0.05, 0) is 128 Å². The maximum Gasteiger partial charge on any atom is 0.306 e. The highest BCUT2D eigenvalue weighted by Crippen LogP contribution is 2.13. The summed E-state index contributed by atoms with van der Waals surface area (Å²) in [6.07, 6.45) is 76.5. The molecule has 0 aromatic carbocycles. The lowest BCUT2D eigenvalue weighted by Gasteiger charge is -2.18. The number of hydrogen-bond acceptors (Lipinski definition) is 6. The van der Waals surface area contributed by atoms with E-state index in [9.17, 15) is 14.4 Å². The van der Waals surface area contributed by atoms with Gasteiger partial charge < -0.3 is 14.2 Å². The molecule has 0 aliphatic heterocycles. The minimum atomic E-state index is -0.821. The van der Waals surface area contributed by atoms with Gasteiger partial charge in [0, 0.05) is 19.3 Å². The third-order valence-electron chi connectivity index (χ3n) is 11.7. The van der Waals surface area contributed by atoms with Crippen molar-refractivity contribution in [1.82, 2.24) is 0 Å². The van der Waals surface area contributed by atoms with Crippen LogP contribution in [0.2, 0.25) is 0 Å². The Kier molecular flexibility index (Phi) is 53.4. The van der Waals surface area contributed by atoms with Crippen LogP contribution >= 0.6 is 0 Å². The molecule has 392 valence electrons. The summed E-state index contributed by atoms with van der Waals surface area (Å²) in [5, 5.41) is 0. The van der Waals surface area contributed by atoms with Crippen LogP contribution in [0.3, 0.4) is 0 Å². The highest BCUT2D eigenvalue weighted by Gasteiger charge is 2.19. The van der Waals surface area contributed by atoms with Crippen molar-refractivity contribution in [3.8, 4) is 0 Å². The zero-order valence-corrected chi connectivity index (χ0v) is 44.8. The molecule has 0 fully saturated rings. The van der Waals surface area contributed by atoms with Crippen LogP contribution in [-0.2, 0) is 28.6 Å². The smallest absolute Gasteiger partial charge is 0.306 e. The Hall–Kier alpha value is -3.93. The molecule has 0 spiro atoms. The van der Waals surface area contributed by atoms with E-state index in [0.29, 0.717) is 19.3 Å². The molecule has 6 heteroatoms. The Bertz CT molecular complexity index is 1420. The van der Waals surface area contributed by atoms with E-state index in [-0.39, 0.29) is 44.0 Å². The fourth-order valence-electron chi connectivity index (χ4n) is 7.41. The molecular formula is C63H104O6. The van der Waals surface area contributed by atoms with Crippen LogP contribution in [0.25, 0.3) is 0 Å². The SMILES string of the molecule is CCCCC/C=C\C/C=C\C/C=C\C/C=C\CCCCCC(=O)O[C@H](COC(=O)CCC/C=C\C/C=C\C/C=C\C/C=C\CCCCC)COC(=O)CCCCCCCCC/C=C\CCCCCC. The first-order chi connectivity index (χ1) is 34.0. The first kappa shape index (κ1) is 65.1. The molecule has 0 bridgehead atoms. The first-order valence-corrected chi connectivity index (χ1v) is 28.4. The van der Waals surface area contributed by atoms with Crippen LogP contribution in [0.1, 0.15) is 252 Å². The lowest BCUT2D eigenvalue weighted by Crippen LogP contribution is -2.30. The number of carbonyl (C=O) groups is 3. The summed E-state index contributed by atoms with van der Waals surface area (Å²) >= 11 is 0. The maximum absolute atomic E-state index is 12.8. The second-order valence-electron chi connectivity index (χ2n) is 18.5. The monoisotopic (exact) mass is 957 g/mol. The van der Waals surface area contributed by atoms with E-state index in [1.165, 1.54) is 116 Å². The number of esters is 3. The summed E-state index contributed by atoms with van der Waals surface area (Å²) < 4.78 is 16.8. The molecule has 0 heterocycles. The molecule has 0 N–H and O–H groups in total. The Morgan fingerprint density at radius 2 is 0.536 bits per heavy atom. The number of rotatable bonds is 50. The van der Waals surface area contributed by atoms with Crippen molar-refractivity contribution in [3.05, 3.63) is 109 Å². The van der Waals surface area contributed by atoms with Crippen LogP contribution in [0.4, 0.5) is 0 Å². The van der Waals surface area contributed by atoms with Crippen LogP contribution in [0.15, 0.2) is 109 Å². The van der Waals surface area contributed by atoms with Gasteiger partial charge in [-0.1, -0.05) is 214 Å². The summed E-state index contributed by atoms with van der Waals surface area (Å²) in [5.74, 6) is -1.01. The normalized spacial score (nSPS) is 12.9. The van der Waals surface area contributed by atoms with E-state index in [4.69, 9.17) is 14.2 Å². The second-order valence-corrected chi connectivity index (χ2v) is 18.5. The van der Waals surface area contributed by atoms with Gasteiger partial charge in [-0.2, -0.15) is 0 Å². The molecule has 0 saturated heterocycles. The van der Waals surface area contributed by atoms with Crippen LogP contribution in [-0.4, -0.2) is 37.2 Å². The Balaban J connectivity index is 4.55. The van der Waals surface area contributed by atoms with Gasteiger partial charge in [-0.25, -0.2) is 0 Å². The summed E-state index contributed by atoms with van der Waals surface area (Å²) in [6, 6.07) is 0. The largest absolute Gasteiger partial charge is 0.462 e. The van der Waals surface area contributed by atoms with E-state index in [2.05, 4.69) is 130 Å². The van der Waals surface area contributed by atoms with Crippen LogP contribution in [0.5, 0.6) is 0 Å². The first-order valence-electron chi connectivity index (χ1n) is 28.4. The van der Waals surface area contributed by atoms with E-state index in [1.54, 1.807) is 0 Å². The molecule has 6 nitrogen and oxygen atoms in total. The van der Waals surface area contributed by atoms with E-state index >= 15 is 0 Å². The van der Waals surface area contributed by atoms with Gasteiger partial charge in [0.05, 0.1) is 0 Å².